The molecule has 0 spiro atoms. The van der Waals surface area contributed by atoms with E-state index in [1.165, 1.54) is 21.5 Å². The molecule has 3 heterocycles. The van der Waals surface area contributed by atoms with E-state index in [1.54, 1.807) is 18.2 Å². The van der Waals surface area contributed by atoms with Gasteiger partial charge in [0.2, 0.25) is 10.0 Å². The van der Waals surface area contributed by atoms with Gasteiger partial charge < -0.3 is 14.6 Å². The second kappa shape index (κ2) is 8.69. The molecule has 0 atom stereocenters. The number of fused-ring (bicyclic) bond motifs is 1. The van der Waals surface area contributed by atoms with Crippen molar-refractivity contribution in [2.45, 2.75) is 23.7 Å². The molecule has 8 heteroatoms. The summed E-state index contributed by atoms with van der Waals surface area (Å²) in [5.41, 5.74) is 2.78. The number of amides is 1. The fourth-order valence-electron chi connectivity index (χ4n) is 4.62. The van der Waals surface area contributed by atoms with Gasteiger partial charge in [0.15, 0.2) is 0 Å². The van der Waals surface area contributed by atoms with E-state index in [2.05, 4.69) is 23.2 Å². The molecule has 2 fully saturated rings. The molecule has 0 radical (unpaired) electrons. The predicted molar refractivity (Wildman–Crippen MR) is 122 cm³/mol. The highest BCUT2D eigenvalue weighted by Gasteiger charge is 2.29. The molecule has 1 N–H and O–H groups in total. The Morgan fingerprint density at radius 2 is 1.69 bits per heavy atom. The highest BCUT2D eigenvalue weighted by molar-refractivity contribution is 7.89. The number of aromatic amines is 1. The van der Waals surface area contributed by atoms with Gasteiger partial charge in [-0.2, -0.15) is 4.31 Å². The van der Waals surface area contributed by atoms with Crippen LogP contribution in [0, 0.1) is 0 Å². The van der Waals surface area contributed by atoms with Crippen molar-refractivity contribution in [3.8, 4) is 0 Å². The van der Waals surface area contributed by atoms with E-state index >= 15 is 0 Å². The minimum atomic E-state index is -3.63. The molecule has 2 saturated heterocycles. The lowest BCUT2D eigenvalue weighted by atomic mass is 9.93. The van der Waals surface area contributed by atoms with Crippen LogP contribution in [0.25, 0.3) is 10.9 Å². The predicted octanol–water partition coefficient (Wildman–Crippen LogP) is 3.21. The highest BCUT2D eigenvalue weighted by Crippen LogP contribution is 2.30. The zero-order valence-electron chi connectivity index (χ0n) is 17.9. The highest BCUT2D eigenvalue weighted by atomic mass is 32.2. The molecule has 2 aliphatic rings. The van der Waals surface area contributed by atoms with Crippen molar-refractivity contribution in [2.24, 2.45) is 0 Å². The van der Waals surface area contributed by atoms with Crippen LogP contribution in [0.5, 0.6) is 0 Å². The smallest absolute Gasteiger partial charge is 0.253 e. The second-order valence-electron chi connectivity index (χ2n) is 8.42. The molecular formula is C24H27N3O4S. The van der Waals surface area contributed by atoms with Crippen molar-refractivity contribution in [3.05, 3.63) is 65.9 Å². The van der Waals surface area contributed by atoms with Crippen molar-refractivity contribution in [3.63, 3.8) is 0 Å². The van der Waals surface area contributed by atoms with E-state index < -0.39 is 10.0 Å². The number of hydrogen-bond acceptors (Lipinski definition) is 4. The van der Waals surface area contributed by atoms with E-state index in [-0.39, 0.29) is 10.8 Å². The summed E-state index contributed by atoms with van der Waals surface area (Å²) in [6, 6.07) is 16.9. The largest absolute Gasteiger partial charge is 0.379 e. The Morgan fingerprint density at radius 3 is 2.44 bits per heavy atom. The topological polar surface area (TPSA) is 82.7 Å². The summed E-state index contributed by atoms with van der Waals surface area (Å²) < 4.78 is 32.6. The SMILES string of the molecule is O=C(c1cccc(S(=O)(=O)N2CCOCC2)c1)N1CCC(c2cc3ccccc3[nH]2)CC1. The average molecular weight is 454 g/mol. The van der Waals surface area contributed by atoms with Gasteiger partial charge in [-0.3, -0.25) is 4.79 Å². The third-order valence-electron chi connectivity index (χ3n) is 6.46. The summed E-state index contributed by atoms with van der Waals surface area (Å²) in [4.78, 5) is 18.6. The lowest BCUT2D eigenvalue weighted by Crippen LogP contribution is -2.41. The van der Waals surface area contributed by atoms with Crippen molar-refractivity contribution in [1.82, 2.24) is 14.2 Å². The van der Waals surface area contributed by atoms with Crippen LogP contribution < -0.4 is 0 Å². The third-order valence-corrected chi connectivity index (χ3v) is 8.36. The number of aromatic nitrogens is 1. The number of morpholine rings is 1. The lowest BCUT2D eigenvalue weighted by Gasteiger charge is -2.32. The van der Waals surface area contributed by atoms with Crippen LogP contribution in [-0.2, 0) is 14.8 Å². The minimum Gasteiger partial charge on any atom is -0.379 e. The van der Waals surface area contributed by atoms with Gasteiger partial charge in [0.25, 0.3) is 5.91 Å². The number of carbonyl (C=O) groups excluding carboxylic acids is 1. The maximum Gasteiger partial charge on any atom is 0.253 e. The quantitative estimate of drug-likeness (QED) is 0.658. The van der Waals surface area contributed by atoms with E-state index in [1.807, 2.05) is 17.0 Å². The molecule has 0 aliphatic carbocycles. The molecule has 2 aliphatic heterocycles. The van der Waals surface area contributed by atoms with Gasteiger partial charge in [-0.25, -0.2) is 8.42 Å². The standard InChI is InChI=1S/C24H27N3O4S/c28-24(20-5-3-6-21(16-20)32(29,30)27-12-14-31-15-13-27)26-10-8-18(9-11-26)23-17-19-4-1-2-7-22(19)25-23/h1-7,16-18,25H,8-15H2. The third kappa shape index (κ3) is 4.05. The van der Waals surface area contributed by atoms with Crippen molar-refractivity contribution >= 4 is 26.8 Å². The fraction of sp³-hybridized carbons (Fsp3) is 0.375. The number of hydrogen-bond donors (Lipinski definition) is 1. The molecule has 168 valence electrons. The number of rotatable bonds is 4. The van der Waals surface area contributed by atoms with Crippen LogP contribution >= 0.6 is 0 Å². The zero-order chi connectivity index (χ0) is 22.1. The van der Waals surface area contributed by atoms with Crippen LogP contribution in [0.3, 0.4) is 0 Å². The summed E-state index contributed by atoms with van der Waals surface area (Å²) in [6.07, 6.45) is 1.76. The first-order valence-electron chi connectivity index (χ1n) is 11.1. The summed E-state index contributed by atoms with van der Waals surface area (Å²) in [6.45, 7) is 2.76. The number of piperidine rings is 1. The number of nitrogens with one attached hydrogen (secondary N) is 1. The van der Waals surface area contributed by atoms with Crippen LogP contribution in [0.4, 0.5) is 0 Å². The van der Waals surface area contributed by atoms with Gasteiger partial charge in [0.1, 0.15) is 0 Å². The monoisotopic (exact) mass is 453 g/mol. The maximum absolute atomic E-state index is 13.1. The van der Waals surface area contributed by atoms with Gasteiger partial charge in [0, 0.05) is 48.9 Å². The van der Waals surface area contributed by atoms with Crippen LogP contribution in [-0.4, -0.2) is 67.9 Å². The minimum absolute atomic E-state index is 0.112. The Labute approximate surface area is 188 Å². The van der Waals surface area contributed by atoms with E-state index in [0.717, 1.165) is 18.4 Å². The van der Waals surface area contributed by atoms with Crippen LogP contribution in [0.15, 0.2) is 59.5 Å². The molecule has 1 aromatic heterocycles. The number of H-pyrrole nitrogens is 1. The van der Waals surface area contributed by atoms with E-state index in [4.69, 9.17) is 4.74 Å². The van der Waals surface area contributed by atoms with Crippen LogP contribution in [0.2, 0.25) is 0 Å². The summed E-state index contributed by atoms with van der Waals surface area (Å²) in [7, 11) is -3.63. The summed E-state index contributed by atoms with van der Waals surface area (Å²) in [5.74, 6) is 0.276. The number of sulfonamides is 1. The molecule has 1 amide bonds. The van der Waals surface area contributed by atoms with E-state index in [0.29, 0.717) is 50.9 Å². The Kier molecular flexibility index (Phi) is 5.75. The summed E-state index contributed by atoms with van der Waals surface area (Å²) >= 11 is 0. The average Bonchev–Trinajstić information content (AvgIpc) is 3.29. The fourth-order valence-corrected chi connectivity index (χ4v) is 6.07. The maximum atomic E-state index is 13.1. The Bertz CT molecular complexity index is 1190. The van der Waals surface area contributed by atoms with Gasteiger partial charge in [0.05, 0.1) is 18.1 Å². The first-order chi connectivity index (χ1) is 15.5. The van der Waals surface area contributed by atoms with Gasteiger partial charge in [-0.15, -0.1) is 0 Å². The zero-order valence-corrected chi connectivity index (χ0v) is 18.7. The van der Waals surface area contributed by atoms with Crippen molar-refractivity contribution in [1.29, 1.82) is 0 Å². The molecule has 0 bridgehead atoms. The molecule has 2 aromatic carbocycles. The van der Waals surface area contributed by atoms with Gasteiger partial charge in [-0.05, 0) is 48.6 Å². The Balaban J connectivity index is 1.27. The Morgan fingerprint density at radius 1 is 0.938 bits per heavy atom. The first kappa shape index (κ1) is 21.2. The first-order valence-corrected chi connectivity index (χ1v) is 12.5. The number of ether oxygens (including phenoxy) is 1. The summed E-state index contributed by atoms with van der Waals surface area (Å²) in [5, 5.41) is 1.21. The number of likely N-dealkylation sites (tertiary alicyclic amines) is 1. The van der Waals surface area contributed by atoms with E-state index in [9.17, 15) is 13.2 Å². The lowest BCUT2D eigenvalue weighted by molar-refractivity contribution is 0.0711. The molecule has 7 nitrogen and oxygen atoms in total. The number of para-hydroxylation sites is 1. The molecular weight excluding hydrogens is 426 g/mol. The van der Waals surface area contributed by atoms with Gasteiger partial charge in [-0.1, -0.05) is 24.3 Å². The molecule has 0 unspecified atom stereocenters. The normalized spacial score (nSPS) is 18.8. The molecule has 5 rings (SSSR count). The number of benzene rings is 2. The molecule has 0 saturated carbocycles. The number of nitrogens with zero attached hydrogens (tertiary/aromatic N) is 2. The second-order valence-corrected chi connectivity index (χ2v) is 10.4. The van der Waals surface area contributed by atoms with Gasteiger partial charge >= 0.3 is 0 Å². The van der Waals surface area contributed by atoms with Crippen LogP contribution in [0.1, 0.15) is 34.8 Å². The van der Waals surface area contributed by atoms with Crippen molar-refractivity contribution < 1.29 is 17.9 Å². The van der Waals surface area contributed by atoms with Crippen molar-refractivity contribution in [2.75, 3.05) is 39.4 Å². The number of carbonyl (C=O) groups is 1. The molecule has 32 heavy (non-hydrogen) atoms. The molecule has 3 aromatic rings. The Hall–Kier alpha value is -2.68.